The van der Waals surface area contributed by atoms with Gasteiger partial charge in [0.15, 0.2) is 0 Å². The van der Waals surface area contributed by atoms with Crippen LogP contribution in [0, 0.1) is 5.92 Å². The van der Waals surface area contributed by atoms with Gasteiger partial charge < -0.3 is 5.73 Å². The maximum atomic E-state index is 12.1. The van der Waals surface area contributed by atoms with E-state index in [0.717, 1.165) is 24.0 Å². The fourth-order valence-electron chi connectivity index (χ4n) is 3.68. The molecule has 0 aromatic heterocycles. The van der Waals surface area contributed by atoms with E-state index >= 15 is 0 Å². The molecule has 1 saturated carbocycles. The molecule has 1 amide bonds. The number of hydrogen-bond acceptors (Lipinski definition) is 1. The van der Waals surface area contributed by atoms with Crippen LogP contribution in [-0.4, -0.2) is 5.91 Å². The number of carbonyl (C=O) groups is 1. The molecule has 0 heterocycles. The molecule has 2 nitrogen and oxygen atoms in total. The van der Waals surface area contributed by atoms with Gasteiger partial charge >= 0.3 is 0 Å². The van der Waals surface area contributed by atoms with E-state index in [2.05, 4.69) is 30.3 Å². The van der Waals surface area contributed by atoms with Crippen LogP contribution in [0.1, 0.15) is 43.6 Å². The van der Waals surface area contributed by atoms with Crippen molar-refractivity contribution in [2.75, 3.05) is 0 Å². The van der Waals surface area contributed by atoms with E-state index in [0.29, 0.717) is 5.92 Å². The van der Waals surface area contributed by atoms with Crippen LogP contribution in [0.5, 0.6) is 0 Å². The summed E-state index contributed by atoms with van der Waals surface area (Å²) in [6.45, 7) is 0. The zero-order valence-electron chi connectivity index (χ0n) is 12.9. The van der Waals surface area contributed by atoms with Crippen molar-refractivity contribution in [1.82, 2.24) is 0 Å². The van der Waals surface area contributed by atoms with E-state index in [1.165, 1.54) is 24.8 Å². The van der Waals surface area contributed by atoms with E-state index in [1.54, 1.807) is 0 Å². The first kappa shape index (κ1) is 14.8. The standard InChI is InChI=1S/C20H23NO/c21-20(22)19(16-10-5-2-6-11-16)18-13-7-12-17(14-18)15-8-3-1-4-9-15/h1,3-4,7-9,12-14,16,19H,2,5-6,10-11H2,(H2,21,22). The van der Waals surface area contributed by atoms with Gasteiger partial charge in [0.2, 0.25) is 5.91 Å². The highest BCUT2D eigenvalue weighted by atomic mass is 16.1. The summed E-state index contributed by atoms with van der Waals surface area (Å²) in [5.41, 5.74) is 9.15. The summed E-state index contributed by atoms with van der Waals surface area (Å²) < 4.78 is 0. The smallest absolute Gasteiger partial charge is 0.225 e. The second kappa shape index (κ2) is 6.78. The zero-order chi connectivity index (χ0) is 15.4. The molecule has 0 aliphatic heterocycles. The highest BCUT2D eigenvalue weighted by Gasteiger charge is 2.29. The van der Waals surface area contributed by atoms with Crippen LogP contribution in [0.15, 0.2) is 54.6 Å². The number of hydrogen-bond donors (Lipinski definition) is 1. The molecule has 1 unspecified atom stereocenters. The summed E-state index contributed by atoms with van der Waals surface area (Å²) in [5, 5.41) is 0. The molecule has 22 heavy (non-hydrogen) atoms. The Kier molecular flexibility index (Phi) is 4.57. The van der Waals surface area contributed by atoms with Gasteiger partial charge in [-0.25, -0.2) is 0 Å². The fraction of sp³-hybridized carbons (Fsp3) is 0.350. The third kappa shape index (κ3) is 3.22. The maximum absolute atomic E-state index is 12.1. The predicted molar refractivity (Wildman–Crippen MR) is 90.4 cm³/mol. The summed E-state index contributed by atoms with van der Waals surface area (Å²) in [4.78, 5) is 12.1. The first-order chi connectivity index (χ1) is 10.8. The summed E-state index contributed by atoms with van der Waals surface area (Å²) in [6, 6.07) is 18.6. The van der Waals surface area contributed by atoms with Crippen molar-refractivity contribution in [2.45, 2.75) is 38.0 Å². The average molecular weight is 293 g/mol. The molecule has 1 aliphatic carbocycles. The second-order valence-electron chi connectivity index (χ2n) is 6.27. The second-order valence-corrected chi connectivity index (χ2v) is 6.27. The van der Waals surface area contributed by atoms with Gasteiger partial charge in [-0.15, -0.1) is 0 Å². The average Bonchev–Trinajstić information content (AvgIpc) is 2.57. The maximum Gasteiger partial charge on any atom is 0.225 e. The Morgan fingerprint density at radius 2 is 1.59 bits per heavy atom. The van der Waals surface area contributed by atoms with E-state index < -0.39 is 0 Å². The van der Waals surface area contributed by atoms with Gasteiger partial charge in [0, 0.05) is 0 Å². The lowest BCUT2D eigenvalue weighted by Crippen LogP contribution is -2.29. The van der Waals surface area contributed by atoms with Gasteiger partial charge in [0.05, 0.1) is 5.92 Å². The number of benzene rings is 2. The minimum atomic E-state index is -0.183. The Labute approximate surface area is 132 Å². The first-order valence-electron chi connectivity index (χ1n) is 8.20. The molecule has 0 radical (unpaired) electrons. The lowest BCUT2D eigenvalue weighted by molar-refractivity contribution is -0.120. The molecule has 0 saturated heterocycles. The van der Waals surface area contributed by atoms with Gasteiger partial charge in [-0.05, 0) is 35.4 Å². The normalized spacial score (nSPS) is 17.1. The highest BCUT2D eigenvalue weighted by molar-refractivity contribution is 5.83. The van der Waals surface area contributed by atoms with Crippen molar-refractivity contribution in [3.8, 4) is 11.1 Å². The van der Waals surface area contributed by atoms with Crippen LogP contribution in [0.25, 0.3) is 11.1 Å². The topological polar surface area (TPSA) is 43.1 Å². The molecule has 0 bridgehead atoms. The minimum Gasteiger partial charge on any atom is -0.369 e. The van der Waals surface area contributed by atoms with Gasteiger partial charge in [-0.2, -0.15) is 0 Å². The molecule has 2 aromatic carbocycles. The lowest BCUT2D eigenvalue weighted by atomic mass is 9.76. The monoisotopic (exact) mass is 293 g/mol. The number of carbonyl (C=O) groups excluding carboxylic acids is 1. The van der Waals surface area contributed by atoms with E-state index in [9.17, 15) is 4.79 Å². The SMILES string of the molecule is NC(=O)C(c1cccc(-c2ccccc2)c1)C1CCCCC1. The summed E-state index contributed by atoms with van der Waals surface area (Å²) >= 11 is 0. The highest BCUT2D eigenvalue weighted by Crippen LogP contribution is 2.37. The van der Waals surface area contributed by atoms with Gasteiger partial charge in [0.25, 0.3) is 0 Å². The largest absolute Gasteiger partial charge is 0.369 e. The summed E-state index contributed by atoms with van der Waals surface area (Å²) in [6.07, 6.45) is 5.94. The van der Waals surface area contributed by atoms with Gasteiger partial charge in [-0.1, -0.05) is 73.9 Å². The van der Waals surface area contributed by atoms with E-state index in [4.69, 9.17) is 5.73 Å². The van der Waals surface area contributed by atoms with Crippen molar-refractivity contribution in [3.05, 3.63) is 60.2 Å². The summed E-state index contributed by atoms with van der Waals surface area (Å²) in [5.74, 6) is 0.0679. The molecule has 3 rings (SSSR count). The predicted octanol–water partition coefficient (Wildman–Crippen LogP) is 4.50. The van der Waals surface area contributed by atoms with Crippen molar-refractivity contribution in [1.29, 1.82) is 0 Å². The molecule has 0 spiro atoms. The lowest BCUT2D eigenvalue weighted by Gasteiger charge is -2.28. The Morgan fingerprint density at radius 1 is 0.909 bits per heavy atom. The summed E-state index contributed by atoms with van der Waals surface area (Å²) in [7, 11) is 0. The molecule has 2 heteroatoms. The molecule has 1 aliphatic rings. The van der Waals surface area contributed by atoms with Crippen molar-refractivity contribution in [2.24, 2.45) is 11.7 Å². The van der Waals surface area contributed by atoms with Crippen LogP contribution in [0.4, 0.5) is 0 Å². The van der Waals surface area contributed by atoms with Crippen LogP contribution in [0.2, 0.25) is 0 Å². The van der Waals surface area contributed by atoms with Crippen molar-refractivity contribution in [3.63, 3.8) is 0 Å². The number of amides is 1. The molecular weight excluding hydrogens is 270 g/mol. The van der Waals surface area contributed by atoms with Gasteiger partial charge in [-0.3, -0.25) is 4.79 Å². The van der Waals surface area contributed by atoms with Crippen molar-refractivity contribution < 1.29 is 4.79 Å². The Morgan fingerprint density at radius 3 is 2.27 bits per heavy atom. The van der Waals surface area contributed by atoms with Crippen LogP contribution >= 0.6 is 0 Å². The van der Waals surface area contributed by atoms with Crippen molar-refractivity contribution >= 4 is 5.91 Å². The number of nitrogens with two attached hydrogens (primary N) is 1. The molecule has 2 aromatic rings. The number of primary amides is 1. The Hall–Kier alpha value is -2.09. The van der Waals surface area contributed by atoms with Crippen LogP contribution in [-0.2, 0) is 4.79 Å². The van der Waals surface area contributed by atoms with Gasteiger partial charge in [0.1, 0.15) is 0 Å². The third-order valence-corrected chi connectivity index (χ3v) is 4.78. The minimum absolute atomic E-state index is 0.149. The quantitative estimate of drug-likeness (QED) is 0.886. The first-order valence-corrected chi connectivity index (χ1v) is 8.20. The zero-order valence-corrected chi connectivity index (χ0v) is 12.9. The fourth-order valence-corrected chi connectivity index (χ4v) is 3.68. The van der Waals surface area contributed by atoms with Crippen LogP contribution in [0.3, 0.4) is 0 Å². The van der Waals surface area contributed by atoms with Crippen LogP contribution < -0.4 is 5.73 Å². The number of rotatable bonds is 4. The molecule has 114 valence electrons. The van der Waals surface area contributed by atoms with E-state index in [-0.39, 0.29) is 11.8 Å². The molecule has 1 fully saturated rings. The molecule has 1 atom stereocenters. The Balaban J connectivity index is 1.93. The Bertz CT molecular complexity index is 629. The van der Waals surface area contributed by atoms with E-state index in [1.807, 2.05) is 24.3 Å². The molecular formula is C20H23NO. The molecule has 2 N–H and O–H groups in total. The third-order valence-electron chi connectivity index (χ3n) is 4.78.